The van der Waals surface area contributed by atoms with Gasteiger partial charge in [-0.05, 0) is 11.6 Å². The number of nitrogens with one attached hydrogen (secondary N) is 1. The van der Waals surface area contributed by atoms with Crippen molar-refractivity contribution in [1.29, 1.82) is 0 Å². The second kappa shape index (κ2) is 7.43. The van der Waals surface area contributed by atoms with Crippen molar-refractivity contribution >= 4 is 32.8 Å². The molecule has 0 aliphatic heterocycles. The lowest BCUT2D eigenvalue weighted by molar-refractivity contribution is -0.384. The van der Waals surface area contributed by atoms with Gasteiger partial charge >= 0.3 is 0 Å². The average molecular weight is 355 g/mol. The van der Waals surface area contributed by atoms with Crippen LogP contribution < -0.4 is 5.32 Å². The molecule has 0 saturated carbocycles. The Kier molecular flexibility index (Phi) is 5.57. The highest BCUT2D eigenvalue weighted by molar-refractivity contribution is 7.90. The van der Waals surface area contributed by atoms with Crippen molar-refractivity contribution in [3.05, 3.63) is 69.2 Å². The smallest absolute Gasteiger partial charge is 0.271 e. The first-order chi connectivity index (χ1) is 10.9. The van der Waals surface area contributed by atoms with Crippen LogP contribution in [-0.2, 0) is 15.6 Å². The van der Waals surface area contributed by atoms with Gasteiger partial charge in [-0.3, -0.25) is 10.1 Å². The molecule has 0 heterocycles. The highest BCUT2D eigenvalue weighted by atomic mass is 35.5. The molecule has 122 valence electrons. The Labute approximate surface area is 139 Å². The maximum absolute atomic E-state index is 12.1. The highest BCUT2D eigenvalue weighted by Crippen LogP contribution is 2.26. The van der Waals surface area contributed by atoms with E-state index in [0.29, 0.717) is 5.69 Å². The topological polar surface area (TPSA) is 89.3 Å². The fraction of sp³-hybridized carbons (Fsp3) is 0.200. The molecule has 0 unspecified atom stereocenters. The fourth-order valence-corrected chi connectivity index (χ4v) is 3.50. The van der Waals surface area contributed by atoms with E-state index in [0.717, 1.165) is 5.56 Å². The van der Waals surface area contributed by atoms with Crippen LogP contribution in [-0.4, -0.2) is 25.6 Å². The van der Waals surface area contributed by atoms with Crippen molar-refractivity contribution in [2.75, 3.05) is 17.6 Å². The summed E-state index contributed by atoms with van der Waals surface area (Å²) in [5.74, 6) is -0.0846. The average Bonchev–Trinajstić information content (AvgIpc) is 2.49. The van der Waals surface area contributed by atoms with E-state index in [9.17, 15) is 18.5 Å². The summed E-state index contributed by atoms with van der Waals surface area (Å²) >= 11 is 5.94. The molecule has 0 amide bonds. The number of non-ortho nitro benzene ring substituents is 1. The van der Waals surface area contributed by atoms with E-state index >= 15 is 0 Å². The lowest BCUT2D eigenvalue weighted by Crippen LogP contribution is -2.17. The first-order valence-corrected chi connectivity index (χ1v) is 8.99. The second-order valence-corrected chi connectivity index (χ2v) is 7.52. The molecule has 0 spiro atoms. The van der Waals surface area contributed by atoms with Gasteiger partial charge in [0.05, 0.1) is 27.1 Å². The Hall–Kier alpha value is -2.12. The molecule has 6 nitrogen and oxygen atoms in total. The number of rotatable bonds is 7. The molecule has 0 aromatic heterocycles. The summed E-state index contributed by atoms with van der Waals surface area (Å²) in [5, 5.41) is 13.7. The molecule has 0 saturated heterocycles. The molecule has 1 N–H and O–H groups in total. The van der Waals surface area contributed by atoms with Crippen LogP contribution in [0.2, 0.25) is 5.02 Å². The van der Waals surface area contributed by atoms with Crippen LogP contribution in [0.4, 0.5) is 11.4 Å². The molecule has 2 aromatic rings. The van der Waals surface area contributed by atoms with Crippen LogP contribution in [0.25, 0.3) is 0 Å². The fourth-order valence-electron chi connectivity index (χ4n) is 2.00. The van der Waals surface area contributed by atoms with Crippen molar-refractivity contribution in [2.24, 2.45) is 0 Å². The molecule has 23 heavy (non-hydrogen) atoms. The summed E-state index contributed by atoms with van der Waals surface area (Å²) in [5.41, 5.74) is 1.09. The molecule has 0 radical (unpaired) electrons. The van der Waals surface area contributed by atoms with Crippen LogP contribution in [0.3, 0.4) is 0 Å². The summed E-state index contributed by atoms with van der Waals surface area (Å²) in [6.07, 6.45) is 0. The van der Waals surface area contributed by atoms with E-state index in [2.05, 4.69) is 5.32 Å². The number of nitro groups is 1. The monoisotopic (exact) mass is 354 g/mol. The Morgan fingerprint density at radius 1 is 1.13 bits per heavy atom. The van der Waals surface area contributed by atoms with Gasteiger partial charge in [-0.2, -0.15) is 0 Å². The van der Waals surface area contributed by atoms with Crippen LogP contribution in [0.15, 0.2) is 48.5 Å². The van der Waals surface area contributed by atoms with Gasteiger partial charge in [0.25, 0.3) is 5.69 Å². The standard InChI is InChI=1S/C15H15ClN2O4S/c16-14-10-13(18(19)20)6-7-15(14)17-8-9-23(21,22)11-12-4-2-1-3-5-12/h1-7,10,17H,8-9,11H2. The minimum atomic E-state index is -3.25. The quantitative estimate of drug-likeness (QED) is 0.608. The van der Waals surface area contributed by atoms with Crippen molar-refractivity contribution in [1.82, 2.24) is 0 Å². The summed E-state index contributed by atoms with van der Waals surface area (Å²) in [7, 11) is -3.25. The number of halogens is 1. The minimum Gasteiger partial charge on any atom is -0.383 e. The molecular formula is C15H15ClN2O4S. The Morgan fingerprint density at radius 3 is 2.43 bits per heavy atom. The summed E-state index contributed by atoms with van der Waals surface area (Å²) < 4.78 is 24.1. The predicted molar refractivity (Wildman–Crippen MR) is 90.5 cm³/mol. The maximum atomic E-state index is 12.1. The molecule has 8 heteroatoms. The van der Waals surface area contributed by atoms with E-state index in [1.165, 1.54) is 18.2 Å². The molecular weight excluding hydrogens is 340 g/mol. The van der Waals surface area contributed by atoms with E-state index in [4.69, 9.17) is 11.6 Å². The van der Waals surface area contributed by atoms with Gasteiger partial charge in [-0.25, -0.2) is 8.42 Å². The number of sulfone groups is 1. The number of benzene rings is 2. The molecule has 2 aromatic carbocycles. The Balaban J connectivity index is 1.93. The summed E-state index contributed by atoms with van der Waals surface area (Å²) in [4.78, 5) is 10.1. The third-order valence-electron chi connectivity index (χ3n) is 3.12. The van der Waals surface area contributed by atoms with Crippen LogP contribution >= 0.6 is 11.6 Å². The lowest BCUT2D eigenvalue weighted by atomic mass is 10.2. The normalized spacial score (nSPS) is 11.2. The molecule has 2 rings (SSSR count). The van der Waals surface area contributed by atoms with E-state index in [-0.39, 0.29) is 28.8 Å². The zero-order valence-corrected chi connectivity index (χ0v) is 13.7. The SMILES string of the molecule is O=[N+]([O-])c1ccc(NCCS(=O)(=O)Cc2ccccc2)c(Cl)c1. The second-order valence-electron chi connectivity index (χ2n) is 4.93. The van der Waals surface area contributed by atoms with Gasteiger partial charge in [0.15, 0.2) is 9.84 Å². The van der Waals surface area contributed by atoms with Gasteiger partial charge in [0.1, 0.15) is 0 Å². The highest BCUT2D eigenvalue weighted by Gasteiger charge is 2.13. The van der Waals surface area contributed by atoms with Gasteiger partial charge in [0.2, 0.25) is 0 Å². The number of nitro benzene ring substituents is 1. The first-order valence-electron chi connectivity index (χ1n) is 6.79. The minimum absolute atomic E-state index is 0.0243. The van der Waals surface area contributed by atoms with Crippen molar-refractivity contribution in [2.45, 2.75) is 5.75 Å². The van der Waals surface area contributed by atoms with E-state index < -0.39 is 14.8 Å². The summed E-state index contributed by atoms with van der Waals surface area (Å²) in [6, 6.07) is 12.9. The number of hydrogen-bond acceptors (Lipinski definition) is 5. The van der Waals surface area contributed by atoms with Crippen LogP contribution in [0.5, 0.6) is 0 Å². The number of nitrogens with zero attached hydrogens (tertiary/aromatic N) is 1. The lowest BCUT2D eigenvalue weighted by Gasteiger charge is -2.09. The molecule has 0 atom stereocenters. The third-order valence-corrected chi connectivity index (χ3v) is 5.03. The number of hydrogen-bond donors (Lipinski definition) is 1. The number of anilines is 1. The Morgan fingerprint density at radius 2 is 1.83 bits per heavy atom. The van der Waals surface area contributed by atoms with Gasteiger partial charge < -0.3 is 5.32 Å². The van der Waals surface area contributed by atoms with Crippen LogP contribution in [0, 0.1) is 10.1 Å². The maximum Gasteiger partial charge on any atom is 0.271 e. The van der Waals surface area contributed by atoms with E-state index in [1.807, 2.05) is 6.07 Å². The Bertz CT molecular complexity index is 794. The van der Waals surface area contributed by atoms with Gasteiger partial charge in [0, 0.05) is 18.7 Å². The predicted octanol–water partition coefficient (Wildman–Crippen LogP) is 3.28. The first kappa shape index (κ1) is 17.2. The van der Waals surface area contributed by atoms with Gasteiger partial charge in [-0.15, -0.1) is 0 Å². The molecule has 0 aliphatic carbocycles. The van der Waals surface area contributed by atoms with Gasteiger partial charge in [-0.1, -0.05) is 41.9 Å². The zero-order valence-electron chi connectivity index (χ0n) is 12.1. The largest absolute Gasteiger partial charge is 0.383 e. The molecule has 0 fully saturated rings. The molecule has 0 aliphatic rings. The van der Waals surface area contributed by atoms with Crippen molar-refractivity contribution in [3.63, 3.8) is 0 Å². The summed E-state index contributed by atoms with van der Waals surface area (Å²) in [6.45, 7) is 0.173. The van der Waals surface area contributed by atoms with E-state index in [1.54, 1.807) is 24.3 Å². The van der Waals surface area contributed by atoms with Crippen LogP contribution in [0.1, 0.15) is 5.56 Å². The zero-order chi connectivity index (χ0) is 16.9. The van der Waals surface area contributed by atoms with Crippen molar-refractivity contribution < 1.29 is 13.3 Å². The third kappa shape index (κ3) is 5.22. The van der Waals surface area contributed by atoms with Crippen molar-refractivity contribution in [3.8, 4) is 0 Å². The molecule has 0 bridgehead atoms.